The van der Waals surface area contributed by atoms with Crippen LogP contribution in [0.4, 0.5) is 0 Å². The first-order valence-corrected chi connectivity index (χ1v) is 8.11. The van der Waals surface area contributed by atoms with Gasteiger partial charge in [0.25, 0.3) is 0 Å². The second-order valence-electron chi connectivity index (χ2n) is 6.44. The lowest BCUT2D eigenvalue weighted by molar-refractivity contribution is 0.349. The molecule has 24 heavy (non-hydrogen) atoms. The fourth-order valence-corrected chi connectivity index (χ4v) is 3.82. The standard InChI is InChI=1S/C18H20N2O4/c21-13-5-9-1-3-19-17(11(9)7-15(13)23)18-12-8-16(24)14(22)6-10(12)2-4-20-18/h5-8,17-24H,1-4H2/t17-,18-/m0/s1. The van der Waals surface area contributed by atoms with Gasteiger partial charge in [-0.3, -0.25) is 0 Å². The van der Waals surface area contributed by atoms with Gasteiger partial charge in [0.2, 0.25) is 0 Å². The van der Waals surface area contributed by atoms with Crippen LogP contribution in [0.5, 0.6) is 23.0 Å². The van der Waals surface area contributed by atoms with Crippen LogP contribution in [0.25, 0.3) is 0 Å². The third-order valence-corrected chi connectivity index (χ3v) is 4.99. The van der Waals surface area contributed by atoms with Crippen LogP contribution in [0.1, 0.15) is 34.3 Å². The van der Waals surface area contributed by atoms with E-state index in [1.54, 1.807) is 24.3 Å². The van der Waals surface area contributed by atoms with E-state index in [4.69, 9.17) is 0 Å². The summed E-state index contributed by atoms with van der Waals surface area (Å²) in [5.41, 5.74) is 3.89. The highest BCUT2D eigenvalue weighted by Crippen LogP contribution is 2.42. The van der Waals surface area contributed by atoms with Crippen LogP contribution in [0.3, 0.4) is 0 Å². The van der Waals surface area contributed by atoms with Crippen molar-refractivity contribution in [3.8, 4) is 23.0 Å². The molecule has 0 bridgehead atoms. The fraction of sp³-hybridized carbons (Fsp3) is 0.333. The van der Waals surface area contributed by atoms with E-state index in [0.29, 0.717) is 0 Å². The largest absolute Gasteiger partial charge is 0.504 e. The molecule has 2 aliphatic rings. The van der Waals surface area contributed by atoms with Gasteiger partial charge in [-0.2, -0.15) is 0 Å². The number of hydrogen-bond donors (Lipinski definition) is 6. The molecule has 6 heteroatoms. The predicted molar refractivity (Wildman–Crippen MR) is 88.4 cm³/mol. The van der Waals surface area contributed by atoms with Crippen molar-refractivity contribution < 1.29 is 20.4 Å². The smallest absolute Gasteiger partial charge is 0.157 e. The molecule has 2 aromatic carbocycles. The molecule has 6 N–H and O–H groups in total. The molecule has 2 heterocycles. The molecule has 0 aliphatic carbocycles. The molecule has 0 saturated heterocycles. The van der Waals surface area contributed by atoms with Crippen LogP contribution in [-0.4, -0.2) is 33.5 Å². The van der Waals surface area contributed by atoms with Crippen molar-refractivity contribution in [1.82, 2.24) is 10.6 Å². The summed E-state index contributed by atoms with van der Waals surface area (Å²) < 4.78 is 0. The van der Waals surface area contributed by atoms with E-state index < -0.39 is 0 Å². The molecule has 0 amide bonds. The monoisotopic (exact) mass is 328 g/mol. The summed E-state index contributed by atoms with van der Waals surface area (Å²) in [7, 11) is 0. The number of phenols is 4. The molecule has 2 atom stereocenters. The van der Waals surface area contributed by atoms with E-state index in [9.17, 15) is 20.4 Å². The van der Waals surface area contributed by atoms with Crippen molar-refractivity contribution in [3.05, 3.63) is 46.5 Å². The summed E-state index contributed by atoms with van der Waals surface area (Å²) in [6.45, 7) is 1.53. The van der Waals surface area contributed by atoms with E-state index in [1.165, 1.54) is 0 Å². The zero-order valence-corrected chi connectivity index (χ0v) is 13.1. The summed E-state index contributed by atoms with van der Waals surface area (Å²) in [6.07, 6.45) is 1.56. The van der Waals surface area contributed by atoms with Crippen LogP contribution in [0.2, 0.25) is 0 Å². The average molecular weight is 328 g/mol. The Morgan fingerprint density at radius 2 is 1.00 bits per heavy atom. The van der Waals surface area contributed by atoms with E-state index in [0.717, 1.165) is 48.2 Å². The number of aromatic hydroxyl groups is 4. The normalized spacial score (nSPS) is 22.7. The zero-order chi connectivity index (χ0) is 16.8. The van der Waals surface area contributed by atoms with Crippen LogP contribution >= 0.6 is 0 Å². The minimum atomic E-state index is -0.132. The Kier molecular flexibility index (Phi) is 3.51. The first-order valence-electron chi connectivity index (χ1n) is 8.11. The Labute approximate surface area is 139 Å². The third-order valence-electron chi connectivity index (χ3n) is 4.99. The Morgan fingerprint density at radius 3 is 1.42 bits per heavy atom. The average Bonchev–Trinajstić information content (AvgIpc) is 2.56. The van der Waals surface area contributed by atoms with Crippen molar-refractivity contribution in [2.24, 2.45) is 0 Å². The maximum absolute atomic E-state index is 9.90. The van der Waals surface area contributed by atoms with Gasteiger partial charge in [-0.05, 0) is 72.5 Å². The van der Waals surface area contributed by atoms with Gasteiger partial charge in [0, 0.05) is 0 Å². The van der Waals surface area contributed by atoms with Crippen LogP contribution in [-0.2, 0) is 12.8 Å². The van der Waals surface area contributed by atoms with Crippen molar-refractivity contribution in [2.45, 2.75) is 24.9 Å². The van der Waals surface area contributed by atoms with Gasteiger partial charge in [0.1, 0.15) is 0 Å². The first-order chi connectivity index (χ1) is 11.5. The molecule has 2 aliphatic heterocycles. The second kappa shape index (κ2) is 5.58. The molecule has 4 rings (SSSR count). The van der Waals surface area contributed by atoms with E-state index in [-0.39, 0.29) is 35.1 Å². The molecule has 2 aromatic rings. The summed E-state index contributed by atoms with van der Waals surface area (Å²) in [6, 6.07) is 6.27. The van der Waals surface area contributed by atoms with Crippen molar-refractivity contribution in [1.29, 1.82) is 0 Å². The lowest BCUT2D eigenvalue weighted by Crippen LogP contribution is -2.42. The highest BCUT2D eigenvalue weighted by molar-refractivity contribution is 5.51. The summed E-state index contributed by atoms with van der Waals surface area (Å²) >= 11 is 0. The topological polar surface area (TPSA) is 105 Å². The van der Waals surface area contributed by atoms with Gasteiger partial charge in [0.15, 0.2) is 23.0 Å². The summed E-state index contributed by atoms with van der Waals surface area (Å²) in [5.74, 6) is -0.470. The maximum atomic E-state index is 9.90. The fourth-order valence-electron chi connectivity index (χ4n) is 3.82. The molecule has 0 unspecified atom stereocenters. The van der Waals surface area contributed by atoms with Crippen molar-refractivity contribution in [2.75, 3.05) is 13.1 Å². The first kappa shape index (κ1) is 15.1. The van der Waals surface area contributed by atoms with Crippen LogP contribution in [0, 0.1) is 0 Å². The van der Waals surface area contributed by atoms with Crippen LogP contribution < -0.4 is 10.6 Å². The van der Waals surface area contributed by atoms with Gasteiger partial charge in [-0.25, -0.2) is 0 Å². The number of phenolic OH excluding ortho intramolecular Hbond substituents is 4. The molecule has 0 saturated carbocycles. The molecule has 0 spiro atoms. The van der Waals surface area contributed by atoms with Crippen LogP contribution in [0.15, 0.2) is 24.3 Å². The van der Waals surface area contributed by atoms with Gasteiger partial charge in [-0.1, -0.05) is 0 Å². The molecular weight excluding hydrogens is 308 g/mol. The molecule has 6 nitrogen and oxygen atoms in total. The summed E-state index contributed by atoms with van der Waals surface area (Å²) in [4.78, 5) is 0. The SMILES string of the molecule is Oc1cc2c(cc1O)[C@@H]([C@H]1NCCc3cc(O)c(O)cc31)NCC2. The highest BCUT2D eigenvalue weighted by atomic mass is 16.3. The zero-order valence-electron chi connectivity index (χ0n) is 13.1. The number of benzene rings is 2. The van der Waals surface area contributed by atoms with Crippen molar-refractivity contribution >= 4 is 0 Å². The van der Waals surface area contributed by atoms with Gasteiger partial charge >= 0.3 is 0 Å². The lowest BCUT2D eigenvalue weighted by Gasteiger charge is -2.37. The minimum absolute atomic E-state index is 0.0942. The van der Waals surface area contributed by atoms with Gasteiger partial charge in [0.05, 0.1) is 12.1 Å². The molecular formula is C18H20N2O4. The quantitative estimate of drug-likeness (QED) is 0.444. The number of nitrogens with one attached hydrogen (secondary N) is 2. The van der Waals surface area contributed by atoms with E-state index in [2.05, 4.69) is 10.6 Å². The Balaban J connectivity index is 1.80. The Morgan fingerprint density at radius 1 is 0.625 bits per heavy atom. The Hall–Kier alpha value is -2.44. The Bertz CT molecular complexity index is 739. The molecule has 0 radical (unpaired) electrons. The number of hydrogen-bond acceptors (Lipinski definition) is 6. The van der Waals surface area contributed by atoms with Gasteiger partial charge in [-0.15, -0.1) is 0 Å². The molecule has 0 fully saturated rings. The highest BCUT2D eigenvalue weighted by Gasteiger charge is 2.33. The van der Waals surface area contributed by atoms with E-state index in [1.807, 2.05) is 0 Å². The maximum Gasteiger partial charge on any atom is 0.157 e. The molecule has 126 valence electrons. The van der Waals surface area contributed by atoms with Crippen molar-refractivity contribution in [3.63, 3.8) is 0 Å². The number of fused-ring (bicyclic) bond motifs is 2. The molecule has 0 aromatic heterocycles. The number of rotatable bonds is 1. The minimum Gasteiger partial charge on any atom is -0.504 e. The predicted octanol–water partition coefficient (Wildman–Crippen LogP) is 1.58. The van der Waals surface area contributed by atoms with E-state index >= 15 is 0 Å². The second-order valence-corrected chi connectivity index (χ2v) is 6.44. The summed E-state index contributed by atoms with van der Waals surface area (Å²) in [5, 5.41) is 46.2. The lowest BCUT2D eigenvalue weighted by atomic mass is 9.82. The van der Waals surface area contributed by atoms with Gasteiger partial charge < -0.3 is 31.1 Å². The third kappa shape index (κ3) is 2.35.